The van der Waals surface area contributed by atoms with Gasteiger partial charge in [0.2, 0.25) is 0 Å². The number of allylic oxidation sites excluding steroid dienone is 1. The molecule has 0 aliphatic heterocycles. The van der Waals surface area contributed by atoms with Crippen LogP contribution in [0.15, 0.2) is 12.7 Å². The van der Waals surface area contributed by atoms with Crippen molar-refractivity contribution in [3.8, 4) is 6.07 Å². The molecule has 0 aliphatic rings. The predicted octanol–water partition coefficient (Wildman–Crippen LogP) is -0.220. The van der Waals surface area contributed by atoms with Crippen molar-refractivity contribution >= 4 is 26.6 Å². The fourth-order valence-electron chi connectivity index (χ4n) is 0. The molecule has 0 saturated heterocycles. The van der Waals surface area contributed by atoms with Crippen LogP contribution in [0.2, 0.25) is 0 Å². The molecule has 0 saturated carbocycles. The predicted molar refractivity (Wildman–Crippen MR) is 24.4 cm³/mol. The first-order valence-electron chi connectivity index (χ1n) is 0.921. The average molecular weight is 264 g/mol. The van der Waals surface area contributed by atoms with E-state index in [2.05, 4.69) is 6.58 Å². The monoisotopic (exact) mass is 264 g/mol. The summed E-state index contributed by atoms with van der Waals surface area (Å²) in [6.45, 7) is 3.12. The zero-order valence-electron chi connectivity index (χ0n) is 2.73. The van der Waals surface area contributed by atoms with Crippen molar-refractivity contribution in [1.82, 2.24) is 0 Å². The van der Waals surface area contributed by atoms with Gasteiger partial charge in [-0.3, -0.25) is 0 Å². The van der Waals surface area contributed by atoms with E-state index >= 15 is 0 Å². The topological polar surface area (TPSA) is 23.8 Å². The quantitative estimate of drug-likeness (QED) is 0.555. The van der Waals surface area contributed by atoms with Crippen LogP contribution in [-0.4, -0.2) is 26.6 Å². The Morgan fingerprint density at radius 3 is 2.00 bits per heavy atom. The summed E-state index contributed by atoms with van der Waals surface area (Å²) in [5.74, 6) is 0. The van der Waals surface area contributed by atoms with Gasteiger partial charge in [-0.2, -0.15) is 5.26 Å². The van der Waals surface area contributed by atoms with Crippen molar-refractivity contribution in [2.45, 2.75) is 0 Å². The van der Waals surface area contributed by atoms with Gasteiger partial charge in [-0.05, 0) is 0 Å². The number of nitriles is 1. The Bertz CT molecular complexity index is 52.4. The number of hydrogen-bond acceptors (Lipinski definition) is 1. The van der Waals surface area contributed by atoms with E-state index in [1.807, 2.05) is 0 Å². The van der Waals surface area contributed by atoms with Crippen molar-refractivity contribution < 1.29 is 0 Å². The molecule has 0 radical (unpaired) electrons. The molecular formula is C3H5NPo. The normalized spacial score (nSPS) is 3.00. The Balaban J connectivity index is 0. The molecule has 0 aromatic carbocycles. The van der Waals surface area contributed by atoms with Crippen LogP contribution in [0.5, 0.6) is 0 Å². The van der Waals surface area contributed by atoms with Gasteiger partial charge in [-0.1, -0.05) is 6.58 Å². The maximum absolute atomic E-state index is 7.51. The molecule has 0 aromatic heterocycles. The van der Waals surface area contributed by atoms with Gasteiger partial charge in [-0.15, -0.1) is 0 Å². The van der Waals surface area contributed by atoms with Gasteiger partial charge in [0, 0.05) is 6.08 Å². The first-order valence-corrected chi connectivity index (χ1v) is 0.921. The van der Waals surface area contributed by atoms with Gasteiger partial charge in [0.15, 0.2) is 0 Å². The van der Waals surface area contributed by atoms with E-state index in [0.717, 1.165) is 0 Å². The molecule has 0 bridgehead atoms. The molecule has 0 aromatic rings. The standard InChI is InChI=1S/C3H3N.Po.2H/c1-2-3-4;;;/h2H,1H2;;;. The van der Waals surface area contributed by atoms with Crippen LogP contribution in [0.4, 0.5) is 0 Å². The molecule has 0 unspecified atom stereocenters. The van der Waals surface area contributed by atoms with Crippen LogP contribution in [0.3, 0.4) is 0 Å². The second-order valence-corrected chi connectivity index (χ2v) is 0.333. The number of rotatable bonds is 0. The zero-order valence-corrected chi connectivity index (χ0v) is 6.62. The SMILES string of the molecule is C=CC#N.[PoH2]. The van der Waals surface area contributed by atoms with Gasteiger partial charge >= 0.3 is 26.6 Å². The first kappa shape index (κ1) is 8.93. The van der Waals surface area contributed by atoms with Crippen molar-refractivity contribution in [2.24, 2.45) is 0 Å². The van der Waals surface area contributed by atoms with E-state index in [9.17, 15) is 0 Å². The Kier molecular flexibility index (Phi) is 15.9. The molecule has 28 valence electrons. The minimum atomic E-state index is 0. The van der Waals surface area contributed by atoms with E-state index < -0.39 is 0 Å². The third kappa shape index (κ3) is 14.7. The maximum atomic E-state index is 7.51. The van der Waals surface area contributed by atoms with Crippen molar-refractivity contribution in [2.75, 3.05) is 0 Å². The average Bonchev–Trinajstić information content (AvgIpc) is 1.37. The molecule has 0 amide bonds. The summed E-state index contributed by atoms with van der Waals surface area (Å²) in [5.41, 5.74) is 0. The summed E-state index contributed by atoms with van der Waals surface area (Å²) < 4.78 is 0. The van der Waals surface area contributed by atoms with Gasteiger partial charge in [0.25, 0.3) is 0 Å². The minimum absolute atomic E-state index is 0. The van der Waals surface area contributed by atoms with Gasteiger partial charge in [-0.25, -0.2) is 0 Å². The molecule has 0 aliphatic carbocycles. The van der Waals surface area contributed by atoms with Crippen molar-refractivity contribution in [3.05, 3.63) is 12.7 Å². The second-order valence-electron chi connectivity index (χ2n) is 0.333. The van der Waals surface area contributed by atoms with Crippen LogP contribution in [-0.2, 0) is 0 Å². The number of hydrogen-bond donors (Lipinski definition) is 0. The van der Waals surface area contributed by atoms with E-state index in [-0.39, 0.29) is 26.6 Å². The van der Waals surface area contributed by atoms with Crippen LogP contribution in [0, 0.1) is 11.3 Å². The van der Waals surface area contributed by atoms with E-state index in [4.69, 9.17) is 5.26 Å². The molecule has 0 heterocycles. The Morgan fingerprint density at radius 1 is 1.80 bits per heavy atom. The summed E-state index contributed by atoms with van der Waals surface area (Å²) in [7, 11) is 0. The molecular weight excluding hydrogens is 259 g/mol. The van der Waals surface area contributed by atoms with Gasteiger partial charge in [0.1, 0.15) is 0 Å². The molecule has 1 nitrogen and oxygen atoms in total. The molecule has 5 heavy (non-hydrogen) atoms. The van der Waals surface area contributed by atoms with Crippen molar-refractivity contribution in [3.63, 3.8) is 0 Å². The van der Waals surface area contributed by atoms with Crippen LogP contribution in [0.1, 0.15) is 0 Å². The summed E-state index contributed by atoms with van der Waals surface area (Å²) in [4.78, 5) is 0. The Labute approximate surface area is 50.8 Å². The van der Waals surface area contributed by atoms with E-state index in [1.54, 1.807) is 6.07 Å². The Morgan fingerprint density at radius 2 is 2.00 bits per heavy atom. The Hall–Kier alpha value is 0.126. The molecule has 0 N–H and O–H groups in total. The summed E-state index contributed by atoms with van der Waals surface area (Å²) in [5, 5.41) is 7.51. The number of nitrogens with zero attached hydrogens (tertiary/aromatic N) is 1. The molecule has 0 atom stereocenters. The fraction of sp³-hybridized carbons (Fsp3) is 0. The summed E-state index contributed by atoms with van der Waals surface area (Å²) >= 11 is 0. The van der Waals surface area contributed by atoms with Crippen LogP contribution < -0.4 is 0 Å². The molecule has 2 heteroatoms. The molecule has 0 rings (SSSR count). The zero-order chi connectivity index (χ0) is 3.41. The van der Waals surface area contributed by atoms with Crippen LogP contribution >= 0.6 is 0 Å². The third-order valence-corrected chi connectivity index (χ3v) is 0.0913. The fourth-order valence-corrected chi connectivity index (χ4v) is 0. The summed E-state index contributed by atoms with van der Waals surface area (Å²) in [6.07, 6.45) is 1.18. The molecule has 0 fully saturated rings. The second kappa shape index (κ2) is 8.92. The first-order chi connectivity index (χ1) is 1.91. The van der Waals surface area contributed by atoms with E-state index in [0.29, 0.717) is 0 Å². The summed E-state index contributed by atoms with van der Waals surface area (Å²) in [6, 6.07) is 1.69. The van der Waals surface area contributed by atoms with Crippen molar-refractivity contribution in [1.29, 1.82) is 5.26 Å². The van der Waals surface area contributed by atoms with E-state index in [1.165, 1.54) is 6.08 Å². The molecule has 0 spiro atoms. The third-order valence-electron chi connectivity index (χ3n) is 0.0913. The van der Waals surface area contributed by atoms with Gasteiger partial charge in [0.05, 0.1) is 6.07 Å². The van der Waals surface area contributed by atoms with Crippen LogP contribution in [0.25, 0.3) is 0 Å². The van der Waals surface area contributed by atoms with Gasteiger partial charge < -0.3 is 0 Å².